The topological polar surface area (TPSA) is 52.3 Å². The van der Waals surface area contributed by atoms with Crippen molar-refractivity contribution < 1.29 is 9.53 Å². The predicted octanol–water partition coefficient (Wildman–Crippen LogP) is 4.10. The number of benzene rings is 1. The van der Waals surface area contributed by atoms with Crippen LogP contribution in [0.5, 0.6) is 5.75 Å². The fourth-order valence-electron chi connectivity index (χ4n) is 3.75. The van der Waals surface area contributed by atoms with Gasteiger partial charge in [-0.1, -0.05) is 33.3 Å². The summed E-state index contributed by atoms with van der Waals surface area (Å²) < 4.78 is 5.17. The van der Waals surface area contributed by atoms with Crippen LogP contribution < -0.4 is 10.5 Å². The fourth-order valence-corrected chi connectivity index (χ4v) is 3.75. The van der Waals surface area contributed by atoms with E-state index >= 15 is 0 Å². The minimum absolute atomic E-state index is 0.185. The van der Waals surface area contributed by atoms with E-state index in [1.807, 2.05) is 12.1 Å². The minimum atomic E-state index is 0.185. The molecule has 1 aromatic rings. The molecule has 0 bridgehead atoms. The monoisotopic (exact) mass is 303 g/mol. The second-order valence-electron chi connectivity index (χ2n) is 7.14. The molecule has 0 heterocycles. The van der Waals surface area contributed by atoms with Gasteiger partial charge in [-0.2, -0.15) is 0 Å². The number of Topliss-reactive ketones (excluding diaryl/α,β-unsaturated/α-hetero) is 1. The number of rotatable bonds is 5. The molecule has 2 rings (SSSR count). The summed E-state index contributed by atoms with van der Waals surface area (Å²) in [5, 5.41) is 0. The van der Waals surface area contributed by atoms with Crippen molar-refractivity contribution >= 4 is 11.5 Å². The molecule has 1 aliphatic rings. The molecule has 0 aliphatic heterocycles. The van der Waals surface area contributed by atoms with E-state index in [2.05, 4.69) is 20.8 Å². The first-order valence-corrected chi connectivity index (χ1v) is 8.37. The molecule has 3 heteroatoms. The Bertz CT molecular complexity index is 524. The highest BCUT2D eigenvalue weighted by atomic mass is 16.5. The van der Waals surface area contributed by atoms with Crippen LogP contribution in [0.2, 0.25) is 0 Å². The number of carbonyl (C=O) groups is 1. The Kier molecular flexibility index (Phi) is 5.49. The molecule has 0 amide bonds. The van der Waals surface area contributed by atoms with Crippen LogP contribution in [0.3, 0.4) is 0 Å². The van der Waals surface area contributed by atoms with Gasteiger partial charge in [0.15, 0.2) is 0 Å². The molecule has 3 nitrogen and oxygen atoms in total. The van der Waals surface area contributed by atoms with Gasteiger partial charge >= 0.3 is 0 Å². The maximum atomic E-state index is 12.8. The lowest BCUT2D eigenvalue weighted by Gasteiger charge is -2.36. The van der Waals surface area contributed by atoms with E-state index < -0.39 is 0 Å². The van der Waals surface area contributed by atoms with Crippen LogP contribution in [-0.4, -0.2) is 12.9 Å². The Labute approximate surface area is 134 Å². The number of hydrogen-bond donors (Lipinski definition) is 1. The van der Waals surface area contributed by atoms with E-state index in [0.717, 1.165) is 17.7 Å². The molecule has 1 saturated carbocycles. The van der Waals surface area contributed by atoms with Crippen LogP contribution in [0.25, 0.3) is 0 Å². The third-order valence-corrected chi connectivity index (χ3v) is 5.15. The second-order valence-corrected chi connectivity index (χ2v) is 7.14. The standard InChI is InChI=1S/C19H29NO2/c1-12(2)16-8-5-13(3)9-17(16)19(21)10-14-6-7-15(22-4)11-18(14)20/h6-7,11-13,16-17H,5,8-10,20H2,1-4H3/t13-,16+,17-/m1/s1. The van der Waals surface area contributed by atoms with Crippen LogP contribution in [0.4, 0.5) is 5.69 Å². The lowest BCUT2D eigenvalue weighted by atomic mass is 9.68. The van der Waals surface area contributed by atoms with Crippen molar-refractivity contribution in [3.63, 3.8) is 0 Å². The summed E-state index contributed by atoms with van der Waals surface area (Å²) in [5.74, 6) is 3.00. The van der Waals surface area contributed by atoms with Crippen LogP contribution in [0.1, 0.15) is 45.6 Å². The average molecular weight is 303 g/mol. The fraction of sp³-hybridized carbons (Fsp3) is 0.632. The van der Waals surface area contributed by atoms with E-state index in [0.29, 0.717) is 35.6 Å². The number of carbonyl (C=O) groups excluding carboxylic acids is 1. The van der Waals surface area contributed by atoms with Crippen molar-refractivity contribution in [2.45, 2.75) is 46.5 Å². The molecule has 1 fully saturated rings. The van der Waals surface area contributed by atoms with E-state index in [-0.39, 0.29) is 5.92 Å². The Balaban J connectivity index is 2.12. The zero-order chi connectivity index (χ0) is 16.3. The third kappa shape index (κ3) is 3.82. The molecule has 22 heavy (non-hydrogen) atoms. The van der Waals surface area contributed by atoms with Crippen LogP contribution in [0, 0.1) is 23.7 Å². The van der Waals surface area contributed by atoms with Gasteiger partial charge in [0, 0.05) is 24.1 Å². The van der Waals surface area contributed by atoms with Gasteiger partial charge in [-0.05, 0) is 42.2 Å². The highest BCUT2D eigenvalue weighted by Crippen LogP contribution is 2.39. The maximum absolute atomic E-state index is 12.8. The van der Waals surface area contributed by atoms with Gasteiger partial charge in [-0.25, -0.2) is 0 Å². The molecular weight excluding hydrogens is 274 g/mol. The van der Waals surface area contributed by atoms with E-state index in [1.54, 1.807) is 13.2 Å². The predicted molar refractivity (Wildman–Crippen MR) is 91.0 cm³/mol. The molecule has 0 aromatic heterocycles. The average Bonchev–Trinajstić information content (AvgIpc) is 2.48. The Morgan fingerprint density at radius 1 is 1.36 bits per heavy atom. The largest absolute Gasteiger partial charge is 0.497 e. The Morgan fingerprint density at radius 3 is 2.68 bits per heavy atom. The van der Waals surface area contributed by atoms with E-state index in [9.17, 15) is 4.79 Å². The molecule has 0 unspecified atom stereocenters. The number of nitrogen functional groups attached to an aromatic ring is 1. The van der Waals surface area contributed by atoms with Gasteiger partial charge in [0.05, 0.1) is 7.11 Å². The van der Waals surface area contributed by atoms with Crippen molar-refractivity contribution in [1.29, 1.82) is 0 Å². The van der Waals surface area contributed by atoms with Crippen molar-refractivity contribution in [3.8, 4) is 5.75 Å². The second kappa shape index (κ2) is 7.17. The van der Waals surface area contributed by atoms with Gasteiger partial charge in [-0.15, -0.1) is 0 Å². The summed E-state index contributed by atoms with van der Waals surface area (Å²) in [6.07, 6.45) is 3.89. The first kappa shape index (κ1) is 16.9. The van der Waals surface area contributed by atoms with E-state index in [4.69, 9.17) is 10.5 Å². The molecule has 1 aromatic carbocycles. The first-order valence-electron chi connectivity index (χ1n) is 8.37. The van der Waals surface area contributed by atoms with Gasteiger partial charge in [0.25, 0.3) is 0 Å². The quantitative estimate of drug-likeness (QED) is 0.833. The van der Waals surface area contributed by atoms with Gasteiger partial charge in [-0.3, -0.25) is 4.79 Å². The van der Waals surface area contributed by atoms with Gasteiger partial charge in [0.2, 0.25) is 0 Å². The number of ketones is 1. The molecule has 1 aliphatic carbocycles. The number of methoxy groups -OCH3 is 1. The molecule has 0 spiro atoms. The lowest BCUT2D eigenvalue weighted by Crippen LogP contribution is -2.34. The molecule has 0 saturated heterocycles. The summed E-state index contributed by atoms with van der Waals surface area (Å²) in [7, 11) is 1.62. The van der Waals surface area contributed by atoms with Crippen molar-refractivity contribution in [2.24, 2.45) is 23.7 Å². The zero-order valence-corrected chi connectivity index (χ0v) is 14.3. The lowest BCUT2D eigenvalue weighted by molar-refractivity contribution is -0.126. The number of anilines is 1. The van der Waals surface area contributed by atoms with Crippen molar-refractivity contribution in [3.05, 3.63) is 23.8 Å². The maximum Gasteiger partial charge on any atom is 0.140 e. The third-order valence-electron chi connectivity index (χ3n) is 5.15. The summed E-state index contributed by atoms with van der Waals surface area (Å²) in [4.78, 5) is 12.8. The molecule has 0 radical (unpaired) electrons. The highest BCUT2D eigenvalue weighted by molar-refractivity contribution is 5.85. The summed E-state index contributed by atoms with van der Waals surface area (Å²) in [6.45, 7) is 6.74. The van der Waals surface area contributed by atoms with Crippen molar-refractivity contribution in [1.82, 2.24) is 0 Å². The molecular formula is C19H29NO2. The van der Waals surface area contributed by atoms with Crippen molar-refractivity contribution in [2.75, 3.05) is 12.8 Å². The summed E-state index contributed by atoms with van der Waals surface area (Å²) >= 11 is 0. The Hall–Kier alpha value is -1.51. The summed E-state index contributed by atoms with van der Waals surface area (Å²) in [5.41, 5.74) is 7.64. The van der Waals surface area contributed by atoms with Crippen LogP contribution in [-0.2, 0) is 11.2 Å². The molecule has 122 valence electrons. The van der Waals surface area contributed by atoms with Gasteiger partial charge in [0.1, 0.15) is 11.5 Å². The first-order chi connectivity index (χ1) is 10.4. The minimum Gasteiger partial charge on any atom is -0.497 e. The SMILES string of the molecule is COc1ccc(CC(=O)[C@@H]2C[C@H](C)CC[C@H]2C(C)C)c(N)c1. The number of nitrogens with two attached hydrogens (primary N) is 1. The van der Waals surface area contributed by atoms with Crippen LogP contribution in [0.15, 0.2) is 18.2 Å². The van der Waals surface area contributed by atoms with E-state index in [1.165, 1.54) is 12.8 Å². The smallest absolute Gasteiger partial charge is 0.140 e. The molecule has 3 atom stereocenters. The Morgan fingerprint density at radius 2 is 2.09 bits per heavy atom. The normalized spacial score (nSPS) is 25.2. The number of ether oxygens (including phenoxy) is 1. The number of hydrogen-bond acceptors (Lipinski definition) is 3. The van der Waals surface area contributed by atoms with Gasteiger partial charge < -0.3 is 10.5 Å². The van der Waals surface area contributed by atoms with Crippen LogP contribution >= 0.6 is 0 Å². The molecule has 2 N–H and O–H groups in total. The highest BCUT2D eigenvalue weighted by Gasteiger charge is 2.35. The zero-order valence-electron chi connectivity index (χ0n) is 14.3. The summed E-state index contributed by atoms with van der Waals surface area (Å²) in [6, 6.07) is 5.59.